The number of hydrazone groups is 1. The summed E-state index contributed by atoms with van der Waals surface area (Å²) < 4.78 is 6.93. The van der Waals surface area contributed by atoms with E-state index in [9.17, 15) is 4.79 Å². The quantitative estimate of drug-likeness (QED) is 0.332. The van der Waals surface area contributed by atoms with Crippen LogP contribution in [0.5, 0.6) is 0 Å². The molecule has 0 aliphatic rings. The summed E-state index contributed by atoms with van der Waals surface area (Å²) in [4.78, 5) is 14.4. The van der Waals surface area contributed by atoms with Gasteiger partial charge in [0.1, 0.15) is 5.69 Å². The molecule has 0 atom stereocenters. The Morgan fingerprint density at radius 2 is 2.21 bits per heavy atom. The highest BCUT2D eigenvalue weighted by Crippen LogP contribution is 2.30. The van der Waals surface area contributed by atoms with Gasteiger partial charge in [0.15, 0.2) is 5.69 Å². The number of anilines is 1. The second-order valence-electron chi connectivity index (χ2n) is 5.39. The Kier molecular flexibility index (Phi) is 5.02. The van der Waals surface area contributed by atoms with E-state index in [1.807, 2.05) is 29.6 Å². The van der Waals surface area contributed by atoms with Gasteiger partial charge in [-0.15, -0.1) is 27.8 Å². The number of aromatic nitrogens is 5. The molecule has 0 fully saturated rings. The standard InChI is InChI=1S/C15H11BrN8O2S2/c1-7(8-4-5-10(16)28-8)18-20-15(25)11-12(9-3-2-6-27-9)24(23-19-11)14-13(17)21-26-22-14/h2-6H,1H3,(H2,17,21)(H,20,25)/b18-7-. The molecular formula is C15H11BrN8O2S2. The summed E-state index contributed by atoms with van der Waals surface area (Å²) in [5.41, 5.74) is 9.45. The molecule has 28 heavy (non-hydrogen) atoms. The van der Waals surface area contributed by atoms with Crippen LogP contribution in [0.1, 0.15) is 22.3 Å². The number of nitrogen functional groups attached to an aromatic ring is 1. The number of nitrogens with two attached hydrogens (primary N) is 1. The molecule has 0 radical (unpaired) electrons. The van der Waals surface area contributed by atoms with Gasteiger partial charge >= 0.3 is 0 Å². The lowest BCUT2D eigenvalue weighted by molar-refractivity contribution is 0.0950. The Morgan fingerprint density at radius 3 is 2.86 bits per heavy atom. The fourth-order valence-electron chi connectivity index (χ4n) is 2.31. The Morgan fingerprint density at radius 1 is 1.36 bits per heavy atom. The minimum atomic E-state index is -0.514. The van der Waals surface area contributed by atoms with E-state index in [1.54, 1.807) is 6.92 Å². The molecule has 142 valence electrons. The number of nitrogens with zero attached hydrogens (tertiary/aromatic N) is 6. The van der Waals surface area contributed by atoms with Gasteiger partial charge in [0, 0.05) is 0 Å². The van der Waals surface area contributed by atoms with Gasteiger partial charge in [-0.05, 0) is 56.7 Å². The van der Waals surface area contributed by atoms with Gasteiger partial charge in [0.2, 0.25) is 11.6 Å². The molecule has 0 saturated carbocycles. The van der Waals surface area contributed by atoms with Crippen molar-refractivity contribution < 1.29 is 9.42 Å². The zero-order chi connectivity index (χ0) is 19.7. The molecule has 0 saturated heterocycles. The molecular weight excluding hydrogens is 468 g/mol. The molecule has 4 rings (SSSR count). The van der Waals surface area contributed by atoms with Crippen LogP contribution in [0.2, 0.25) is 0 Å². The third-order valence-electron chi connectivity index (χ3n) is 3.59. The summed E-state index contributed by atoms with van der Waals surface area (Å²) in [7, 11) is 0. The number of amides is 1. The monoisotopic (exact) mass is 478 g/mol. The number of carbonyl (C=O) groups is 1. The van der Waals surface area contributed by atoms with Gasteiger partial charge in [0.25, 0.3) is 5.91 Å². The third kappa shape index (κ3) is 3.46. The van der Waals surface area contributed by atoms with E-state index < -0.39 is 5.91 Å². The predicted octanol–water partition coefficient (Wildman–Crippen LogP) is 2.94. The summed E-state index contributed by atoms with van der Waals surface area (Å²) in [6.45, 7) is 1.80. The molecule has 0 aliphatic heterocycles. The summed E-state index contributed by atoms with van der Waals surface area (Å²) >= 11 is 6.33. The van der Waals surface area contributed by atoms with E-state index in [-0.39, 0.29) is 17.3 Å². The highest BCUT2D eigenvalue weighted by molar-refractivity contribution is 9.11. The third-order valence-corrected chi connectivity index (χ3v) is 6.20. The first kappa shape index (κ1) is 18.5. The smallest absolute Gasteiger partial charge is 0.294 e. The first-order valence-electron chi connectivity index (χ1n) is 7.73. The molecule has 0 bridgehead atoms. The van der Waals surface area contributed by atoms with Crippen molar-refractivity contribution in [1.82, 2.24) is 30.7 Å². The first-order valence-corrected chi connectivity index (χ1v) is 10.2. The number of rotatable bonds is 5. The lowest BCUT2D eigenvalue weighted by Crippen LogP contribution is -2.20. The zero-order valence-electron chi connectivity index (χ0n) is 14.2. The van der Waals surface area contributed by atoms with Crippen LogP contribution in [0.15, 0.2) is 43.2 Å². The Hall–Kier alpha value is -2.90. The van der Waals surface area contributed by atoms with Crippen molar-refractivity contribution in [3.05, 3.63) is 44.0 Å². The van der Waals surface area contributed by atoms with Crippen molar-refractivity contribution in [2.45, 2.75) is 6.92 Å². The fourth-order valence-corrected chi connectivity index (χ4v) is 4.39. The average molecular weight is 479 g/mol. The number of carbonyl (C=O) groups excluding carboxylic acids is 1. The number of thiophene rings is 2. The molecule has 4 aromatic heterocycles. The number of halogens is 1. The molecule has 4 heterocycles. The maximum Gasteiger partial charge on any atom is 0.294 e. The molecule has 3 N–H and O–H groups in total. The molecule has 0 aliphatic carbocycles. The largest absolute Gasteiger partial charge is 0.378 e. The Labute approximate surface area is 174 Å². The lowest BCUT2D eigenvalue weighted by Gasteiger charge is -2.03. The van der Waals surface area contributed by atoms with E-state index >= 15 is 0 Å². The van der Waals surface area contributed by atoms with Crippen molar-refractivity contribution >= 4 is 56.0 Å². The average Bonchev–Trinajstić information content (AvgIpc) is 3.44. The Bertz CT molecular complexity index is 1160. The van der Waals surface area contributed by atoms with Crippen LogP contribution in [0.3, 0.4) is 0 Å². The van der Waals surface area contributed by atoms with E-state index in [4.69, 9.17) is 5.73 Å². The number of hydrogen-bond acceptors (Lipinski definition) is 10. The molecule has 13 heteroatoms. The second-order valence-corrected chi connectivity index (χ2v) is 8.80. The van der Waals surface area contributed by atoms with Crippen molar-refractivity contribution in [1.29, 1.82) is 0 Å². The van der Waals surface area contributed by atoms with Crippen LogP contribution in [-0.2, 0) is 0 Å². The van der Waals surface area contributed by atoms with Crippen LogP contribution in [0.4, 0.5) is 5.82 Å². The van der Waals surface area contributed by atoms with Gasteiger partial charge in [-0.1, -0.05) is 11.3 Å². The van der Waals surface area contributed by atoms with Crippen LogP contribution in [-0.4, -0.2) is 36.9 Å². The van der Waals surface area contributed by atoms with Crippen molar-refractivity contribution in [2.75, 3.05) is 5.73 Å². The number of nitrogens with one attached hydrogen (secondary N) is 1. The molecule has 10 nitrogen and oxygen atoms in total. The molecule has 0 aromatic carbocycles. The van der Waals surface area contributed by atoms with E-state index in [1.165, 1.54) is 27.4 Å². The summed E-state index contributed by atoms with van der Waals surface area (Å²) in [5.74, 6) is -0.329. The van der Waals surface area contributed by atoms with Gasteiger partial charge < -0.3 is 5.73 Å². The maximum absolute atomic E-state index is 12.7. The van der Waals surface area contributed by atoms with E-state index in [2.05, 4.69) is 51.7 Å². The van der Waals surface area contributed by atoms with Crippen molar-refractivity contribution in [2.24, 2.45) is 5.10 Å². The van der Waals surface area contributed by atoms with Gasteiger partial charge in [-0.25, -0.2) is 10.1 Å². The van der Waals surface area contributed by atoms with Gasteiger partial charge in [-0.3, -0.25) is 4.79 Å². The van der Waals surface area contributed by atoms with Crippen LogP contribution < -0.4 is 11.2 Å². The highest BCUT2D eigenvalue weighted by atomic mass is 79.9. The van der Waals surface area contributed by atoms with Gasteiger partial charge in [0.05, 0.1) is 19.3 Å². The van der Waals surface area contributed by atoms with E-state index in [0.717, 1.165) is 13.5 Å². The van der Waals surface area contributed by atoms with Crippen LogP contribution in [0, 0.1) is 0 Å². The molecule has 1 amide bonds. The zero-order valence-corrected chi connectivity index (χ0v) is 17.4. The van der Waals surface area contributed by atoms with Crippen molar-refractivity contribution in [3.8, 4) is 16.4 Å². The molecule has 0 unspecified atom stereocenters. The number of hydrogen-bond donors (Lipinski definition) is 2. The van der Waals surface area contributed by atoms with Crippen LogP contribution in [0.25, 0.3) is 16.4 Å². The highest BCUT2D eigenvalue weighted by Gasteiger charge is 2.25. The SMILES string of the molecule is C/C(=N/NC(=O)c1nnn(-c2nonc2N)c1-c1cccs1)c1ccc(Br)s1. The maximum atomic E-state index is 12.7. The lowest BCUT2D eigenvalue weighted by atomic mass is 10.2. The topological polar surface area (TPSA) is 137 Å². The Balaban J connectivity index is 1.69. The molecule has 0 spiro atoms. The normalized spacial score (nSPS) is 11.7. The predicted molar refractivity (Wildman–Crippen MR) is 109 cm³/mol. The minimum Gasteiger partial charge on any atom is -0.378 e. The summed E-state index contributed by atoms with van der Waals surface area (Å²) in [6.07, 6.45) is 0. The minimum absolute atomic E-state index is 0.0341. The first-order chi connectivity index (χ1) is 13.5. The van der Waals surface area contributed by atoms with E-state index in [0.29, 0.717) is 11.4 Å². The van der Waals surface area contributed by atoms with Crippen molar-refractivity contribution in [3.63, 3.8) is 0 Å². The van der Waals surface area contributed by atoms with Crippen LogP contribution >= 0.6 is 38.6 Å². The molecule has 4 aromatic rings. The second kappa shape index (κ2) is 7.61. The van der Waals surface area contributed by atoms with Gasteiger partial charge in [-0.2, -0.15) is 9.78 Å². The summed E-state index contributed by atoms with van der Waals surface area (Å²) in [5, 5.41) is 21.3. The summed E-state index contributed by atoms with van der Waals surface area (Å²) in [6, 6.07) is 7.50. The fraction of sp³-hybridized carbons (Fsp3) is 0.0667.